The summed E-state index contributed by atoms with van der Waals surface area (Å²) in [7, 11) is 1.61. The van der Waals surface area contributed by atoms with Crippen LogP contribution in [0, 0.1) is 0 Å². The lowest BCUT2D eigenvalue weighted by Gasteiger charge is -2.29. The van der Waals surface area contributed by atoms with Gasteiger partial charge >= 0.3 is 0 Å². The number of nitrogens with zero attached hydrogens (tertiary/aromatic N) is 1. The van der Waals surface area contributed by atoms with Crippen LogP contribution in [0.2, 0.25) is 0 Å². The Balaban J connectivity index is 2.12. The molecule has 0 saturated carbocycles. The molecule has 1 atom stereocenters. The monoisotopic (exact) mass is 440 g/mol. The smallest absolute Gasteiger partial charge is 0.261 e. The van der Waals surface area contributed by atoms with Crippen LogP contribution in [-0.4, -0.2) is 43.0 Å². The minimum atomic E-state index is -0.622. The Hall–Kier alpha value is -3.02. The van der Waals surface area contributed by atoms with Gasteiger partial charge < -0.3 is 19.7 Å². The number of ether oxygens (including phenoxy) is 2. The Morgan fingerprint density at radius 3 is 2.12 bits per heavy atom. The average molecular weight is 441 g/mol. The molecule has 0 bridgehead atoms. The zero-order valence-corrected chi connectivity index (χ0v) is 20.1. The van der Waals surface area contributed by atoms with Gasteiger partial charge in [0.1, 0.15) is 17.5 Å². The summed E-state index contributed by atoms with van der Waals surface area (Å²) in [5.74, 6) is 0.935. The van der Waals surface area contributed by atoms with Gasteiger partial charge in [0, 0.05) is 13.1 Å². The fourth-order valence-electron chi connectivity index (χ4n) is 3.19. The molecule has 0 aliphatic carbocycles. The van der Waals surface area contributed by atoms with E-state index < -0.39 is 6.04 Å². The summed E-state index contributed by atoms with van der Waals surface area (Å²) < 4.78 is 11.0. The molecule has 2 amide bonds. The van der Waals surface area contributed by atoms with Crippen molar-refractivity contribution >= 4 is 11.8 Å². The molecule has 6 heteroatoms. The van der Waals surface area contributed by atoms with Gasteiger partial charge in [-0.1, -0.05) is 52.0 Å². The number of rotatable bonds is 10. The second-order valence-corrected chi connectivity index (χ2v) is 8.90. The van der Waals surface area contributed by atoms with Crippen molar-refractivity contribution in [3.8, 4) is 11.5 Å². The maximum atomic E-state index is 13.1. The molecule has 1 N–H and O–H groups in total. The maximum absolute atomic E-state index is 13.1. The standard InChI is InChI=1S/C26H36N2O4/c1-7-16-27-25(30)19(2)28(17-20-8-12-22(31-6)13-9-20)24(29)18-32-23-14-10-21(11-15-23)26(3,4)5/h8-15,19H,7,16-18H2,1-6H3,(H,27,30). The van der Waals surface area contributed by atoms with Crippen molar-refractivity contribution in [3.05, 3.63) is 59.7 Å². The SMILES string of the molecule is CCCNC(=O)C(C)N(Cc1ccc(OC)cc1)C(=O)COc1ccc(C(C)(C)C)cc1. The number of amides is 2. The molecule has 0 fully saturated rings. The van der Waals surface area contributed by atoms with Crippen LogP contribution >= 0.6 is 0 Å². The van der Waals surface area contributed by atoms with Gasteiger partial charge in [-0.25, -0.2) is 0 Å². The maximum Gasteiger partial charge on any atom is 0.261 e. The van der Waals surface area contributed by atoms with Crippen LogP contribution in [0.15, 0.2) is 48.5 Å². The summed E-state index contributed by atoms with van der Waals surface area (Å²) in [4.78, 5) is 27.2. The highest BCUT2D eigenvalue weighted by Gasteiger charge is 2.26. The van der Waals surface area contributed by atoms with E-state index in [1.54, 1.807) is 18.9 Å². The molecule has 2 aromatic rings. The molecule has 0 radical (unpaired) electrons. The van der Waals surface area contributed by atoms with E-state index in [-0.39, 0.29) is 23.8 Å². The fraction of sp³-hybridized carbons (Fsp3) is 0.462. The van der Waals surface area contributed by atoms with Crippen LogP contribution in [0.5, 0.6) is 11.5 Å². The quantitative estimate of drug-likeness (QED) is 0.598. The first-order valence-corrected chi connectivity index (χ1v) is 11.1. The third-order valence-electron chi connectivity index (χ3n) is 5.31. The number of carbonyl (C=O) groups excluding carboxylic acids is 2. The molecular weight excluding hydrogens is 404 g/mol. The third kappa shape index (κ3) is 7.29. The summed E-state index contributed by atoms with van der Waals surface area (Å²) in [5.41, 5.74) is 2.15. The van der Waals surface area contributed by atoms with Gasteiger partial charge in [0.2, 0.25) is 5.91 Å². The van der Waals surface area contributed by atoms with Gasteiger partial charge in [0.15, 0.2) is 6.61 Å². The number of benzene rings is 2. The highest BCUT2D eigenvalue weighted by molar-refractivity contribution is 5.87. The zero-order valence-electron chi connectivity index (χ0n) is 20.1. The van der Waals surface area contributed by atoms with E-state index in [0.717, 1.165) is 17.7 Å². The van der Waals surface area contributed by atoms with E-state index in [1.807, 2.05) is 55.5 Å². The van der Waals surface area contributed by atoms with Crippen LogP contribution in [-0.2, 0) is 21.5 Å². The van der Waals surface area contributed by atoms with Crippen molar-refractivity contribution in [2.45, 2.75) is 59.0 Å². The Morgan fingerprint density at radius 1 is 1.00 bits per heavy atom. The largest absolute Gasteiger partial charge is 0.497 e. The number of carbonyl (C=O) groups is 2. The predicted molar refractivity (Wildman–Crippen MR) is 127 cm³/mol. The summed E-state index contributed by atoms with van der Waals surface area (Å²) in [5, 5.41) is 2.87. The Bertz CT molecular complexity index is 870. The molecule has 0 spiro atoms. The Labute approximate surface area is 191 Å². The van der Waals surface area contributed by atoms with Gasteiger partial charge in [0.05, 0.1) is 7.11 Å². The van der Waals surface area contributed by atoms with Crippen molar-refractivity contribution in [1.29, 1.82) is 0 Å². The van der Waals surface area contributed by atoms with Crippen LogP contribution in [0.1, 0.15) is 52.2 Å². The predicted octanol–water partition coefficient (Wildman–Crippen LogP) is 4.32. The van der Waals surface area contributed by atoms with Crippen LogP contribution in [0.3, 0.4) is 0 Å². The van der Waals surface area contributed by atoms with E-state index in [0.29, 0.717) is 18.8 Å². The van der Waals surface area contributed by atoms with E-state index in [9.17, 15) is 9.59 Å². The van der Waals surface area contributed by atoms with Crippen LogP contribution < -0.4 is 14.8 Å². The van der Waals surface area contributed by atoms with Gasteiger partial charge in [0.25, 0.3) is 5.91 Å². The fourth-order valence-corrected chi connectivity index (χ4v) is 3.19. The van der Waals surface area contributed by atoms with Crippen molar-refractivity contribution < 1.29 is 19.1 Å². The molecule has 2 rings (SSSR count). The molecule has 0 aromatic heterocycles. The van der Waals surface area contributed by atoms with E-state index in [4.69, 9.17) is 9.47 Å². The molecule has 0 aliphatic rings. The van der Waals surface area contributed by atoms with Crippen LogP contribution in [0.4, 0.5) is 0 Å². The summed E-state index contributed by atoms with van der Waals surface area (Å²) in [6.07, 6.45) is 0.832. The third-order valence-corrected chi connectivity index (χ3v) is 5.31. The first-order valence-electron chi connectivity index (χ1n) is 11.1. The first-order chi connectivity index (χ1) is 15.2. The normalized spacial score (nSPS) is 12.1. The molecule has 0 heterocycles. The lowest BCUT2D eigenvalue weighted by atomic mass is 9.87. The van der Waals surface area contributed by atoms with Gasteiger partial charge in [-0.2, -0.15) is 0 Å². The second-order valence-electron chi connectivity index (χ2n) is 8.90. The molecule has 174 valence electrons. The van der Waals surface area contributed by atoms with Gasteiger partial charge in [-0.3, -0.25) is 9.59 Å². The van der Waals surface area contributed by atoms with Gasteiger partial charge in [-0.15, -0.1) is 0 Å². The van der Waals surface area contributed by atoms with Gasteiger partial charge in [-0.05, 0) is 54.2 Å². The van der Waals surface area contributed by atoms with Crippen molar-refractivity contribution in [2.24, 2.45) is 0 Å². The zero-order chi connectivity index (χ0) is 23.7. The molecule has 0 aliphatic heterocycles. The highest BCUT2D eigenvalue weighted by Crippen LogP contribution is 2.24. The van der Waals surface area contributed by atoms with Crippen LogP contribution in [0.25, 0.3) is 0 Å². The average Bonchev–Trinajstić information content (AvgIpc) is 2.79. The van der Waals surface area contributed by atoms with E-state index >= 15 is 0 Å². The Morgan fingerprint density at radius 2 is 1.59 bits per heavy atom. The van der Waals surface area contributed by atoms with Crippen molar-refractivity contribution in [1.82, 2.24) is 10.2 Å². The molecule has 1 unspecified atom stereocenters. The van der Waals surface area contributed by atoms with Crippen molar-refractivity contribution in [3.63, 3.8) is 0 Å². The molecule has 32 heavy (non-hydrogen) atoms. The lowest BCUT2D eigenvalue weighted by molar-refractivity contribution is -0.142. The molecule has 6 nitrogen and oxygen atoms in total. The summed E-state index contributed by atoms with van der Waals surface area (Å²) in [6, 6.07) is 14.6. The second kappa shape index (κ2) is 11.6. The van der Waals surface area contributed by atoms with E-state index in [1.165, 1.54) is 5.56 Å². The molecular formula is C26H36N2O4. The molecule has 0 saturated heterocycles. The van der Waals surface area contributed by atoms with Crippen molar-refractivity contribution in [2.75, 3.05) is 20.3 Å². The number of hydrogen-bond donors (Lipinski definition) is 1. The topological polar surface area (TPSA) is 67.9 Å². The lowest BCUT2D eigenvalue weighted by Crippen LogP contribution is -2.49. The minimum Gasteiger partial charge on any atom is -0.497 e. The number of hydrogen-bond acceptors (Lipinski definition) is 4. The number of methoxy groups -OCH3 is 1. The summed E-state index contributed by atoms with van der Waals surface area (Å²) >= 11 is 0. The number of nitrogens with one attached hydrogen (secondary N) is 1. The first kappa shape index (κ1) is 25.2. The van der Waals surface area contributed by atoms with E-state index in [2.05, 4.69) is 26.1 Å². The highest BCUT2D eigenvalue weighted by atomic mass is 16.5. The molecule has 2 aromatic carbocycles. The Kier molecular flexibility index (Phi) is 9.12. The minimum absolute atomic E-state index is 0.0464. The summed E-state index contributed by atoms with van der Waals surface area (Å²) in [6.45, 7) is 10.9.